The molecule has 2 aromatic rings. The van der Waals surface area contributed by atoms with Gasteiger partial charge in [-0.3, -0.25) is 14.9 Å². The van der Waals surface area contributed by atoms with Gasteiger partial charge in [0.2, 0.25) is 0 Å². The van der Waals surface area contributed by atoms with E-state index in [2.05, 4.69) is 15.3 Å². The number of aliphatic hydroxyl groups excluding tert-OH is 3. The average molecular weight is 504 g/mol. The summed E-state index contributed by atoms with van der Waals surface area (Å²) in [6.45, 7) is -0.522. The van der Waals surface area contributed by atoms with Crippen molar-refractivity contribution in [2.24, 2.45) is 0 Å². The second-order valence-electron chi connectivity index (χ2n) is 5.92. The minimum atomic E-state index is -1.42. The number of rotatable bonds is 5. The summed E-state index contributed by atoms with van der Waals surface area (Å²) < 4.78 is 11.7. The normalized spacial score (nSPS) is 24.1. The molecule has 1 amide bonds. The number of ether oxygens (including phenoxy) is 2. The third-order valence-corrected chi connectivity index (χ3v) is 4.80. The van der Waals surface area contributed by atoms with Gasteiger partial charge in [-0.1, -0.05) is 6.07 Å². The number of aromatic nitrogens is 3. The highest BCUT2D eigenvalue weighted by Crippen LogP contribution is 2.29. The van der Waals surface area contributed by atoms with E-state index in [4.69, 9.17) is 14.6 Å². The molecule has 4 atom stereocenters. The summed E-state index contributed by atoms with van der Waals surface area (Å²) in [7, 11) is 0. The van der Waals surface area contributed by atoms with E-state index < -0.39 is 42.9 Å². The third-order valence-electron chi connectivity index (χ3n) is 4.01. The van der Waals surface area contributed by atoms with Crippen LogP contribution in [-0.4, -0.2) is 60.9 Å². The first kappa shape index (κ1) is 20.6. The first-order chi connectivity index (χ1) is 13.4. The van der Waals surface area contributed by atoms with Crippen LogP contribution in [0.1, 0.15) is 11.8 Å². The number of hydrogen-bond donors (Lipinski definition) is 4. The van der Waals surface area contributed by atoms with Gasteiger partial charge in [0.1, 0.15) is 24.9 Å². The average Bonchev–Trinajstić information content (AvgIpc) is 2.98. The van der Waals surface area contributed by atoms with Crippen LogP contribution in [0.25, 0.3) is 0 Å². The van der Waals surface area contributed by atoms with E-state index in [0.29, 0.717) is 9.13 Å². The van der Waals surface area contributed by atoms with Crippen molar-refractivity contribution < 1.29 is 29.6 Å². The highest BCUT2D eigenvalue weighted by atomic mass is 127. The molecule has 1 unspecified atom stereocenters. The van der Waals surface area contributed by atoms with Gasteiger partial charge in [0.05, 0.1) is 10.2 Å². The Labute approximate surface area is 172 Å². The maximum atomic E-state index is 12.3. The summed E-state index contributed by atoms with van der Waals surface area (Å²) >= 11 is 1.84. The predicted octanol–water partition coefficient (Wildman–Crippen LogP) is -0.397. The summed E-state index contributed by atoms with van der Waals surface area (Å²) in [5.74, 6) is -0.0234. The fourth-order valence-electron chi connectivity index (χ4n) is 2.59. The Balaban J connectivity index is 1.70. The van der Waals surface area contributed by atoms with Crippen molar-refractivity contribution in [1.82, 2.24) is 14.5 Å². The molecule has 1 saturated heterocycles. The van der Waals surface area contributed by atoms with Gasteiger partial charge in [-0.25, -0.2) is 9.59 Å². The third kappa shape index (κ3) is 4.47. The lowest BCUT2D eigenvalue weighted by atomic mass is 10.1. The molecule has 4 N–H and O–H groups in total. The maximum Gasteiger partial charge on any atom is 0.413 e. The Hall–Kier alpha value is -2.13. The lowest BCUT2D eigenvalue weighted by Gasteiger charge is -2.18. The fourth-order valence-corrected chi connectivity index (χ4v) is 3.15. The molecule has 28 heavy (non-hydrogen) atoms. The molecule has 0 radical (unpaired) electrons. The fraction of sp³-hybridized carbons (Fsp3) is 0.375. The molecule has 2 aromatic heterocycles. The van der Waals surface area contributed by atoms with Crippen molar-refractivity contribution in [3.8, 4) is 0 Å². The zero-order valence-corrected chi connectivity index (χ0v) is 16.5. The Kier molecular flexibility index (Phi) is 6.56. The highest BCUT2D eigenvalue weighted by molar-refractivity contribution is 14.1. The number of anilines is 1. The van der Waals surface area contributed by atoms with Gasteiger partial charge in [0.15, 0.2) is 12.0 Å². The Morgan fingerprint density at radius 3 is 2.82 bits per heavy atom. The van der Waals surface area contributed by atoms with Gasteiger partial charge in [-0.05, 0) is 28.7 Å². The van der Waals surface area contributed by atoms with E-state index in [1.54, 1.807) is 24.5 Å². The number of pyridine rings is 1. The van der Waals surface area contributed by atoms with Crippen LogP contribution in [0, 0.1) is 3.57 Å². The quantitative estimate of drug-likeness (QED) is 0.398. The molecule has 1 fully saturated rings. The smallest absolute Gasteiger partial charge is 0.413 e. The Morgan fingerprint density at radius 2 is 2.18 bits per heavy atom. The van der Waals surface area contributed by atoms with Crippen molar-refractivity contribution in [3.05, 3.63) is 50.3 Å². The van der Waals surface area contributed by atoms with Crippen molar-refractivity contribution >= 4 is 34.5 Å². The monoisotopic (exact) mass is 504 g/mol. The van der Waals surface area contributed by atoms with Gasteiger partial charge >= 0.3 is 11.8 Å². The molecule has 0 bridgehead atoms. The van der Waals surface area contributed by atoms with Crippen molar-refractivity contribution in [3.63, 3.8) is 0 Å². The minimum Gasteiger partial charge on any atom is -0.444 e. The minimum absolute atomic E-state index is 0.00411. The first-order valence-corrected chi connectivity index (χ1v) is 9.22. The first-order valence-electron chi connectivity index (χ1n) is 8.14. The van der Waals surface area contributed by atoms with E-state index in [9.17, 15) is 19.8 Å². The summed E-state index contributed by atoms with van der Waals surface area (Å²) in [5.41, 5.74) is -0.127. The standard InChI is InChI=1S/C16H17IN4O7/c17-9-5-21(14-12(24)11(23)10(6-22)28-14)15(25)19-13(9)20-16(26)27-7-8-2-1-3-18-4-8/h1-5,10-12,14,22-24H,6-7H2,(H,19,20,25,26)/t10-,11-,12-,14?/m1/s1. The molecular weight excluding hydrogens is 487 g/mol. The van der Waals surface area contributed by atoms with Crippen molar-refractivity contribution in [2.45, 2.75) is 31.1 Å². The molecule has 0 aromatic carbocycles. The maximum absolute atomic E-state index is 12.3. The zero-order chi connectivity index (χ0) is 20.3. The molecule has 3 rings (SSSR count). The van der Waals surface area contributed by atoms with Crippen LogP contribution >= 0.6 is 22.6 Å². The molecule has 0 aliphatic carbocycles. The SMILES string of the molecule is O=C(Nc1nc(=O)n(C2O[C@H](CO)[C@@H](O)[C@H]2O)cc1I)OCc1cccnc1. The summed E-state index contributed by atoms with van der Waals surface area (Å²) in [4.78, 5) is 31.9. The van der Waals surface area contributed by atoms with E-state index >= 15 is 0 Å². The van der Waals surface area contributed by atoms with Crippen LogP contribution in [0.5, 0.6) is 0 Å². The molecule has 11 nitrogen and oxygen atoms in total. The number of carbonyl (C=O) groups excluding carboxylic acids is 1. The van der Waals surface area contributed by atoms with Gasteiger partial charge in [-0.2, -0.15) is 4.98 Å². The number of carbonyl (C=O) groups is 1. The zero-order valence-electron chi connectivity index (χ0n) is 14.3. The summed E-state index contributed by atoms with van der Waals surface area (Å²) in [6.07, 6.45) is -1.35. The van der Waals surface area contributed by atoms with Crippen LogP contribution in [0.3, 0.4) is 0 Å². The molecule has 1 aliphatic heterocycles. The van der Waals surface area contributed by atoms with E-state index in [1.807, 2.05) is 22.6 Å². The highest BCUT2D eigenvalue weighted by Gasteiger charge is 2.43. The van der Waals surface area contributed by atoms with Gasteiger partial charge in [0.25, 0.3) is 0 Å². The van der Waals surface area contributed by atoms with Crippen molar-refractivity contribution in [2.75, 3.05) is 11.9 Å². The summed E-state index contributed by atoms with van der Waals surface area (Å²) in [5, 5.41) is 31.4. The topological polar surface area (TPSA) is 156 Å². The lowest BCUT2D eigenvalue weighted by Crippen LogP contribution is -2.36. The van der Waals surface area contributed by atoms with Gasteiger partial charge in [0, 0.05) is 24.2 Å². The van der Waals surface area contributed by atoms with Crippen LogP contribution < -0.4 is 11.0 Å². The van der Waals surface area contributed by atoms with Crippen LogP contribution in [0.15, 0.2) is 35.5 Å². The van der Waals surface area contributed by atoms with Crippen molar-refractivity contribution in [1.29, 1.82) is 0 Å². The number of nitrogens with one attached hydrogen (secondary N) is 1. The molecule has 0 saturated carbocycles. The number of hydrogen-bond acceptors (Lipinski definition) is 9. The van der Waals surface area contributed by atoms with Gasteiger partial charge in [-0.15, -0.1) is 0 Å². The molecule has 3 heterocycles. The van der Waals surface area contributed by atoms with Crippen LogP contribution in [-0.2, 0) is 16.1 Å². The second kappa shape index (κ2) is 8.91. The number of halogens is 1. The van der Waals surface area contributed by atoms with E-state index in [0.717, 1.165) is 4.57 Å². The second-order valence-corrected chi connectivity index (χ2v) is 7.08. The molecular formula is C16H17IN4O7. The number of nitrogens with zero attached hydrogens (tertiary/aromatic N) is 3. The molecule has 0 spiro atoms. The largest absolute Gasteiger partial charge is 0.444 e. The van der Waals surface area contributed by atoms with Gasteiger partial charge < -0.3 is 24.8 Å². The molecule has 150 valence electrons. The Bertz CT molecular complexity index is 894. The van der Waals surface area contributed by atoms with Crippen LogP contribution in [0.4, 0.5) is 10.6 Å². The Morgan fingerprint density at radius 1 is 1.39 bits per heavy atom. The predicted molar refractivity (Wildman–Crippen MR) is 102 cm³/mol. The van der Waals surface area contributed by atoms with E-state index in [-0.39, 0.29) is 12.4 Å². The van der Waals surface area contributed by atoms with Crippen LogP contribution in [0.2, 0.25) is 0 Å². The van der Waals surface area contributed by atoms with E-state index in [1.165, 1.54) is 6.20 Å². The lowest BCUT2D eigenvalue weighted by molar-refractivity contribution is -0.0550. The number of aliphatic hydroxyl groups is 3. The number of amides is 1. The molecule has 1 aliphatic rings. The summed E-state index contributed by atoms with van der Waals surface area (Å²) in [6, 6.07) is 3.45. The molecule has 12 heteroatoms.